The molecule has 28 heavy (non-hydrogen) atoms. The Hall–Kier alpha value is -3.27. The van der Waals surface area contributed by atoms with Crippen molar-refractivity contribution in [2.24, 2.45) is 16.5 Å². The number of ether oxygens (including phenoxy) is 1. The molecule has 4 heteroatoms. The number of hydrogen-bond acceptors (Lipinski definition) is 2. The van der Waals surface area contributed by atoms with Crippen LogP contribution in [0.3, 0.4) is 0 Å². The molecule has 1 aliphatic carbocycles. The molecule has 1 aliphatic rings. The Morgan fingerprint density at radius 1 is 0.821 bits per heavy atom. The quantitative estimate of drug-likeness (QED) is 0.485. The van der Waals surface area contributed by atoms with Crippen LogP contribution in [0.2, 0.25) is 0 Å². The van der Waals surface area contributed by atoms with Crippen molar-refractivity contribution in [2.45, 2.75) is 18.8 Å². The summed E-state index contributed by atoms with van der Waals surface area (Å²) in [6.07, 6.45) is 1.77. The van der Waals surface area contributed by atoms with E-state index in [0.29, 0.717) is 19.1 Å². The fourth-order valence-corrected chi connectivity index (χ4v) is 3.93. The van der Waals surface area contributed by atoms with Crippen LogP contribution in [0.5, 0.6) is 5.75 Å². The van der Waals surface area contributed by atoms with Crippen LogP contribution >= 0.6 is 0 Å². The average molecular weight is 371 g/mol. The molecule has 4 nitrogen and oxygen atoms in total. The zero-order valence-electron chi connectivity index (χ0n) is 15.8. The van der Waals surface area contributed by atoms with E-state index < -0.39 is 0 Å². The Morgan fingerprint density at radius 3 is 2.04 bits per heavy atom. The number of guanidine groups is 1. The monoisotopic (exact) mass is 371 g/mol. The zero-order valence-corrected chi connectivity index (χ0v) is 15.8. The maximum atomic E-state index is 6.03. The highest BCUT2D eigenvalue weighted by atomic mass is 16.5. The first-order valence-corrected chi connectivity index (χ1v) is 9.68. The van der Waals surface area contributed by atoms with Gasteiger partial charge in [-0.05, 0) is 52.8 Å². The topological polar surface area (TPSA) is 73.6 Å². The van der Waals surface area contributed by atoms with Crippen LogP contribution in [0.25, 0.3) is 11.1 Å². The summed E-state index contributed by atoms with van der Waals surface area (Å²) in [6, 6.07) is 25.6. The van der Waals surface area contributed by atoms with E-state index in [-0.39, 0.29) is 5.96 Å². The molecule has 0 fully saturated rings. The minimum Gasteiger partial charge on any atom is -0.494 e. The number of hydrogen-bond donors (Lipinski definition) is 2. The summed E-state index contributed by atoms with van der Waals surface area (Å²) < 4.78 is 6.03. The summed E-state index contributed by atoms with van der Waals surface area (Å²) in [5, 5.41) is 0. The highest BCUT2D eigenvalue weighted by Crippen LogP contribution is 2.45. The van der Waals surface area contributed by atoms with Crippen molar-refractivity contribution in [2.75, 3.05) is 13.2 Å². The van der Waals surface area contributed by atoms with Gasteiger partial charge in [0.1, 0.15) is 5.75 Å². The second-order valence-electron chi connectivity index (χ2n) is 7.06. The van der Waals surface area contributed by atoms with Crippen molar-refractivity contribution < 1.29 is 4.74 Å². The second-order valence-corrected chi connectivity index (χ2v) is 7.06. The van der Waals surface area contributed by atoms with Crippen LogP contribution in [-0.4, -0.2) is 19.1 Å². The molecule has 0 amide bonds. The molecule has 0 radical (unpaired) electrons. The molecule has 0 saturated heterocycles. The van der Waals surface area contributed by atoms with E-state index >= 15 is 0 Å². The van der Waals surface area contributed by atoms with Gasteiger partial charge in [-0.25, -0.2) is 0 Å². The minimum absolute atomic E-state index is 0.134. The van der Waals surface area contributed by atoms with E-state index in [1.165, 1.54) is 27.8 Å². The van der Waals surface area contributed by atoms with Gasteiger partial charge in [0.25, 0.3) is 0 Å². The highest BCUT2D eigenvalue weighted by Gasteiger charge is 2.27. The van der Waals surface area contributed by atoms with Gasteiger partial charge in [0, 0.05) is 12.5 Å². The van der Waals surface area contributed by atoms with Crippen molar-refractivity contribution in [3.05, 3.63) is 89.5 Å². The molecule has 142 valence electrons. The molecule has 0 unspecified atom stereocenters. The molecule has 0 atom stereocenters. The van der Waals surface area contributed by atoms with E-state index in [1.807, 2.05) is 12.1 Å². The molecule has 0 heterocycles. The molecule has 0 saturated carbocycles. The summed E-state index contributed by atoms with van der Waals surface area (Å²) in [5.74, 6) is 1.42. The number of nitrogens with two attached hydrogens (primary N) is 2. The van der Waals surface area contributed by atoms with Gasteiger partial charge in [-0.15, -0.1) is 0 Å². The third-order valence-corrected chi connectivity index (χ3v) is 5.26. The Balaban J connectivity index is 1.37. The number of benzene rings is 3. The van der Waals surface area contributed by atoms with Crippen molar-refractivity contribution in [1.82, 2.24) is 0 Å². The van der Waals surface area contributed by atoms with Gasteiger partial charge >= 0.3 is 0 Å². The standard InChI is InChI=1S/C24H25N3O/c25-24(26)27-15-13-17-9-11-18(12-10-17)28-16-14-23-21-7-3-1-5-19(21)20-6-2-4-8-22(20)23/h1-12,23H,13-16H2,(H4,25,26,27). The first-order valence-electron chi connectivity index (χ1n) is 9.68. The largest absolute Gasteiger partial charge is 0.494 e. The fourth-order valence-electron chi connectivity index (χ4n) is 3.93. The van der Waals surface area contributed by atoms with Crippen LogP contribution in [0, 0.1) is 0 Å². The maximum Gasteiger partial charge on any atom is 0.185 e. The molecule has 0 spiro atoms. The van der Waals surface area contributed by atoms with Gasteiger partial charge in [-0.3, -0.25) is 4.99 Å². The smallest absolute Gasteiger partial charge is 0.185 e. The van der Waals surface area contributed by atoms with Crippen molar-refractivity contribution in [1.29, 1.82) is 0 Å². The van der Waals surface area contributed by atoms with E-state index in [2.05, 4.69) is 65.7 Å². The Morgan fingerprint density at radius 2 is 1.43 bits per heavy atom. The summed E-state index contributed by atoms with van der Waals surface area (Å²) in [4.78, 5) is 4.01. The van der Waals surface area contributed by atoms with Crippen LogP contribution < -0.4 is 16.2 Å². The normalized spacial score (nSPS) is 12.3. The summed E-state index contributed by atoms with van der Waals surface area (Å²) >= 11 is 0. The van der Waals surface area contributed by atoms with Crippen molar-refractivity contribution >= 4 is 5.96 Å². The van der Waals surface area contributed by atoms with E-state index in [0.717, 1.165) is 18.6 Å². The number of fused-ring (bicyclic) bond motifs is 3. The Bertz CT molecular complexity index is 930. The molecule has 3 aromatic rings. The van der Waals surface area contributed by atoms with Gasteiger partial charge in [0.05, 0.1) is 6.61 Å². The summed E-state index contributed by atoms with van der Waals surface area (Å²) in [6.45, 7) is 1.28. The highest BCUT2D eigenvalue weighted by molar-refractivity contribution is 5.78. The molecular formula is C24H25N3O. The van der Waals surface area contributed by atoms with E-state index in [1.54, 1.807) is 0 Å². The Labute approximate surface area is 165 Å². The van der Waals surface area contributed by atoms with Crippen molar-refractivity contribution in [3.63, 3.8) is 0 Å². The van der Waals surface area contributed by atoms with Crippen LogP contribution in [0.4, 0.5) is 0 Å². The molecule has 4 rings (SSSR count). The van der Waals surface area contributed by atoms with Gasteiger partial charge in [-0.1, -0.05) is 60.7 Å². The first-order chi connectivity index (χ1) is 13.7. The molecule has 0 bridgehead atoms. The number of nitrogens with zero attached hydrogens (tertiary/aromatic N) is 1. The lowest BCUT2D eigenvalue weighted by Crippen LogP contribution is -2.23. The average Bonchev–Trinajstić information content (AvgIpc) is 3.03. The molecule has 0 aromatic heterocycles. The van der Waals surface area contributed by atoms with Gasteiger partial charge < -0.3 is 16.2 Å². The van der Waals surface area contributed by atoms with Gasteiger partial charge in [0.15, 0.2) is 5.96 Å². The Kier molecular flexibility index (Phi) is 5.29. The van der Waals surface area contributed by atoms with E-state index in [9.17, 15) is 0 Å². The molecule has 3 aromatic carbocycles. The second kappa shape index (κ2) is 8.17. The molecular weight excluding hydrogens is 346 g/mol. The lowest BCUT2D eigenvalue weighted by atomic mass is 9.94. The number of rotatable bonds is 7. The van der Waals surface area contributed by atoms with Crippen LogP contribution in [0.15, 0.2) is 77.8 Å². The predicted octanol–water partition coefficient (Wildman–Crippen LogP) is 4.08. The first kappa shape index (κ1) is 18.1. The lowest BCUT2D eigenvalue weighted by molar-refractivity contribution is 0.304. The fraction of sp³-hybridized carbons (Fsp3) is 0.208. The van der Waals surface area contributed by atoms with Crippen molar-refractivity contribution in [3.8, 4) is 16.9 Å². The summed E-state index contributed by atoms with van der Waals surface area (Å²) in [5.41, 5.74) is 17.4. The zero-order chi connectivity index (χ0) is 19.3. The molecule has 4 N–H and O–H groups in total. The van der Waals surface area contributed by atoms with E-state index in [4.69, 9.17) is 16.2 Å². The SMILES string of the molecule is NC(N)=NCCc1ccc(OCCC2c3ccccc3-c3ccccc32)cc1. The molecule has 0 aliphatic heterocycles. The lowest BCUT2D eigenvalue weighted by Gasteiger charge is -2.14. The third-order valence-electron chi connectivity index (χ3n) is 5.26. The van der Waals surface area contributed by atoms with Gasteiger partial charge in [-0.2, -0.15) is 0 Å². The van der Waals surface area contributed by atoms with Gasteiger partial charge in [0.2, 0.25) is 0 Å². The van der Waals surface area contributed by atoms with Crippen LogP contribution in [-0.2, 0) is 6.42 Å². The maximum absolute atomic E-state index is 6.03. The minimum atomic E-state index is 0.134. The third kappa shape index (κ3) is 3.86. The number of aliphatic imine (C=N–C) groups is 1. The summed E-state index contributed by atoms with van der Waals surface area (Å²) in [7, 11) is 0. The predicted molar refractivity (Wildman–Crippen MR) is 115 cm³/mol. The van der Waals surface area contributed by atoms with Crippen LogP contribution in [0.1, 0.15) is 29.0 Å².